The summed E-state index contributed by atoms with van der Waals surface area (Å²) in [5, 5.41) is 9.64. The van der Waals surface area contributed by atoms with Gasteiger partial charge in [0.05, 0.1) is 4.90 Å². The number of aryl methyl sites for hydroxylation is 1. The number of benzene rings is 3. The van der Waals surface area contributed by atoms with Crippen LogP contribution in [0.4, 0.5) is 5.69 Å². The molecular formula is C27H26ClN3O4S. The number of rotatable bonds is 10. The second kappa shape index (κ2) is 11.0. The van der Waals surface area contributed by atoms with E-state index in [-0.39, 0.29) is 22.3 Å². The molecule has 0 aliphatic rings. The summed E-state index contributed by atoms with van der Waals surface area (Å²) >= 11 is 6.14. The van der Waals surface area contributed by atoms with Crippen molar-refractivity contribution in [2.75, 3.05) is 4.72 Å². The van der Waals surface area contributed by atoms with Crippen LogP contribution in [0.3, 0.4) is 0 Å². The van der Waals surface area contributed by atoms with Crippen LogP contribution >= 0.6 is 11.6 Å². The minimum Gasteiger partial charge on any atom is -0.476 e. The Hall–Kier alpha value is -3.62. The molecule has 7 nitrogen and oxygen atoms in total. The van der Waals surface area contributed by atoms with Crippen LogP contribution in [0.2, 0.25) is 5.15 Å². The van der Waals surface area contributed by atoms with Crippen molar-refractivity contribution >= 4 is 33.3 Å². The average molecular weight is 524 g/mol. The number of para-hydroxylation sites is 1. The van der Waals surface area contributed by atoms with Crippen molar-refractivity contribution in [3.05, 3.63) is 101 Å². The molecule has 4 rings (SSSR count). The van der Waals surface area contributed by atoms with Gasteiger partial charge in [0.25, 0.3) is 10.0 Å². The fourth-order valence-corrected chi connectivity index (χ4v) is 5.56. The van der Waals surface area contributed by atoms with Crippen molar-refractivity contribution in [2.24, 2.45) is 0 Å². The molecule has 2 N–H and O–H groups in total. The molecular weight excluding hydrogens is 498 g/mol. The van der Waals surface area contributed by atoms with E-state index in [0.717, 1.165) is 24.0 Å². The third kappa shape index (κ3) is 5.61. The number of carbonyl (C=O) groups is 1. The van der Waals surface area contributed by atoms with Gasteiger partial charge in [0.2, 0.25) is 0 Å². The Morgan fingerprint density at radius 3 is 2.33 bits per heavy atom. The maximum atomic E-state index is 13.1. The average Bonchev–Trinajstić information content (AvgIpc) is 3.18. The highest BCUT2D eigenvalue weighted by molar-refractivity contribution is 7.92. The number of halogens is 1. The van der Waals surface area contributed by atoms with E-state index in [4.69, 9.17) is 11.6 Å². The van der Waals surface area contributed by atoms with Gasteiger partial charge in [-0.1, -0.05) is 85.6 Å². The molecule has 0 fully saturated rings. The molecule has 0 aliphatic heterocycles. The van der Waals surface area contributed by atoms with E-state index >= 15 is 0 Å². The second-order valence-corrected chi connectivity index (χ2v) is 10.3. The SMILES string of the molecule is CCCCc1nc(Cl)c(C(=O)O)n1Cc1ccc(-c2ccccc2S(=O)(=O)Nc2ccccc2)cc1. The van der Waals surface area contributed by atoms with E-state index in [1.54, 1.807) is 53.1 Å². The molecule has 1 heterocycles. The first kappa shape index (κ1) is 25.5. The Labute approximate surface area is 215 Å². The summed E-state index contributed by atoms with van der Waals surface area (Å²) < 4.78 is 30.5. The summed E-state index contributed by atoms with van der Waals surface area (Å²) in [6.45, 7) is 2.34. The van der Waals surface area contributed by atoms with E-state index < -0.39 is 16.0 Å². The molecule has 1 aromatic heterocycles. The highest BCUT2D eigenvalue weighted by Crippen LogP contribution is 2.29. The predicted molar refractivity (Wildman–Crippen MR) is 141 cm³/mol. The van der Waals surface area contributed by atoms with E-state index in [1.807, 2.05) is 30.3 Å². The summed E-state index contributed by atoms with van der Waals surface area (Å²) in [7, 11) is -3.82. The lowest BCUT2D eigenvalue weighted by atomic mass is 10.0. The highest BCUT2D eigenvalue weighted by Gasteiger charge is 2.22. The minimum atomic E-state index is -3.82. The van der Waals surface area contributed by atoms with Crippen LogP contribution in [-0.4, -0.2) is 29.0 Å². The van der Waals surface area contributed by atoms with E-state index in [9.17, 15) is 18.3 Å². The van der Waals surface area contributed by atoms with Gasteiger partial charge in [0.1, 0.15) is 5.82 Å². The number of nitrogens with one attached hydrogen (secondary N) is 1. The molecule has 0 radical (unpaired) electrons. The number of anilines is 1. The Morgan fingerprint density at radius 2 is 1.67 bits per heavy atom. The zero-order valence-electron chi connectivity index (χ0n) is 19.7. The number of nitrogens with zero attached hydrogens (tertiary/aromatic N) is 2. The van der Waals surface area contributed by atoms with Gasteiger partial charge in [-0.05, 0) is 35.7 Å². The number of hydrogen-bond acceptors (Lipinski definition) is 4. The molecule has 0 atom stereocenters. The number of aromatic carboxylic acids is 1. The molecule has 0 saturated heterocycles. The summed E-state index contributed by atoms with van der Waals surface area (Å²) in [6.07, 6.45) is 2.44. The summed E-state index contributed by atoms with van der Waals surface area (Å²) in [5.74, 6) is -0.497. The van der Waals surface area contributed by atoms with Gasteiger partial charge >= 0.3 is 5.97 Å². The van der Waals surface area contributed by atoms with Gasteiger partial charge in [0, 0.05) is 24.2 Å². The van der Waals surface area contributed by atoms with Crippen molar-refractivity contribution < 1.29 is 18.3 Å². The zero-order chi connectivity index (χ0) is 25.7. The minimum absolute atomic E-state index is 0.0183. The van der Waals surface area contributed by atoms with Gasteiger partial charge in [-0.2, -0.15) is 0 Å². The fourth-order valence-electron chi connectivity index (χ4n) is 3.99. The number of sulfonamides is 1. The first-order valence-corrected chi connectivity index (χ1v) is 13.4. The fraction of sp³-hybridized carbons (Fsp3) is 0.185. The molecule has 4 aromatic rings. The number of unbranched alkanes of at least 4 members (excludes halogenated alkanes) is 1. The molecule has 9 heteroatoms. The van der Waals surface area contributed by atoms with Crippen molar-refractivity contribution in [1.82, 2.24) is 9.55 Å². The van der Waals surface area contributed by atoms with Crippen LogP contribution in [0.25, 0.3) is 11.1 Å². The first-order valence-electron chi connectivity index (χ1n) is 11.5. The standard InChI is InChI=1S/C27H26ClN3O4S/c1-2-3-13-24-29-26(28)25(27(32)33)31(24)18-19-14-16-20(17-15-19)22-11-7-8-12-23(22)36(34,35)30-21-9-5-4-6-10-21/h4-12,14-17,30H,2-3,13,18H2,1H3,(H,32,33). The largest absolute Gasteiger partial charge is 0.476 e. The molecule has 0 bridgehead atoms. The molecule has 0 amide bonds. The molecule has 0 unspecified atom stereocenters. The number of hydrogen-bond donors (Lipinski definition) is 2. The van der Waals surface area contributed by atoms with Crippen molar-refractivity contribution in [2.45, 2.75) is 37.6 Å². The van der Waals surface area contributed by atoms with Gasteiger partial charge < -0.3 is 9.67 Å². The molecule has 0 saturated carbocycles. The van der Waals surface area contributed by atoms with Crippen molar-refractivity contribution in [3.8, 4) is 11.1 Å². The quantitative estimate of drug-likeness (QED) is 0.262. The normalized spacial score (nSPS) is 11.4. The Morgan fingerprint density at radius 1 is 1.00 bits per heavy atom. The maximum Gasteiger partial charge on any atom is 0.355 e. The van der Waals surface area contributed by atoms with Crippen molar-refractivity contribution in [3.63, 3.8) is 0 Å². The molecule has 186 valence electrons. The zero-order valence-corrected chi connectivity index (χ0v) is 21.3. The highest BCUT2D eigenvalue weighted by atomic mass is 35.5. The van der Waals surface area contributed by atoms with Crippen molar-refractivity contribution in [1.29, 1.82) is 0 Å². The molecule has 0 aliphatic carbocycles. The molecule has 36 heavy (non-hydrogen) atoms. The lowest BCUT2D eigenvalue weighted by Gasteiger charge is -2.14. The van der Waals surface area contributed by atoms with Gasteiger partial charge in [-0.15, -0.1) is 0 Å². The lowest BCUT2D eigenvalue weighted by Crippen LogP contribution is -2.14. The Balaban J connectivity index is 1.64. The Bertz CT molecular complexity index is 1470. The van der Waals surface area contributed by atoms with Crippen LogP contribution in [0.5, 0.6) is 0 Å². The summed E-state index contributed by atoms with van der Waals surface area (Å²) in [4.78, 5) is 16.3. The van der Waals surface area contributed by atoms with Crippen LogP contribution < -0.4 is 4.72 Å². The number of carboxylic acids is 1. The van der Waals surface area contributed by atoms with Gasteiger partial charge in [-0.3, -0.25) is 4.72 Å². The van der Waals surface area contributed by atoms with E-state index in [1.165, 1.54) is 0 Å². The summed E-state index contributed by atoms with van der Waals surface area (Å²) in [6, 6.07) is 22.9. The first-order chi connectivity index (χ1) is 17.3. The van der Waals surface area contributed by atoms with Gasteiger partial charge in [0.15, 0.2) is 10.8 Å². The number of imidazole rings is 1. The van der Waals surface area contributed by atoms with E-state index in [2.05, 4.69) is 16.6 Å². The third-order valence-corrected chi connectivity index (χ3v) is 7.47. The third-order valence-electron chi connectivity index (χ3n) is 5.77. The van der Waals surface area contributed by atoms with Crippen LogP contribution in [0.1, 0.15) is 41.6 Å². The summed E-state index contributed by atoms with van der Waals surface area (Å²) in [5.41, 5.74) is 2.58. The second-order valence-electron chi connectivity index (χ2n) is 8.33. The monoisotopic (exact) mass is 523 g/mol. The van der Waals surface area contributed by atoms with Gasteiger partial charge in [-0.25, -0.2) is 18.2 Å². The maximum absolute atomic E-state index is 13.1. The Kier molecular flexibility index (Phi) is 7.76. The van der Waals surface area contributed by atoms with Crippen LogP contribution in [-0.2, 0) is 23.0 Å². The number of aromatic nitrogens is 2. The predicted octanol–water partition coefficient (Wildman–Crippen LogP) is 6.09. The topological polar surface area (TPSA) is 101 Å². The van der Waals surface area contributed by atoms with Crippen LogP contribution in [0, 0.1) is 0 Å². The van der Waals surface area contributed by atoms with E-state index in [0.29, 0.717) is 23.5 Å². The molecule has 3 aromatic carbocycles. The lowest BCUT2D eigenvalue weighted by molar-refractivity contribution is 0.0685. The number of carboxylic acid groups (broad SMARTS) is 1. The molecule has 0 spiro atoms. The van der Waals surface area contributed by atoms with Crippen LogP contribution in [0.15, 0.2) is 83.8 Å². The smallest absolute Gasteiger partial charge is 0.355 e.